The fraction of sp³-hybridized carbons (Fsp3) is 0.286. The van der Waals surface area contributed by atoms with E-state index in [1.165, 1.54) is 10.6 Å². The lowest BCUT2D eigenvalue weighted by Gasteiger charge is -2.33. The Bertz CT molecular complexity index is 1320. The normalized spacial score (nSPS) is 14.7. The van der Waals surface area contributed by atoms with Gasteiger partial charge in [-0.05, 0) is 41.8 Å². The Morgan fingerprint density at radius 1 is 0.784 bits per heavy atom. The Hall–Kier alpha value is -3.53. The first-order chi connectivity index (χ1) is 17.8. The SMILES string of the molecule is CS(=O)(=O)N1CCN(Cc2ccc(C(=O)Nc3ccccc3C(=O)NCCc3ccccc3)cc2)CC1. The van der Waals surface area contributed by atoms with Crippen molar-refractivity contribution in [1.29, 1.82) is 0 Å². The van der Waals surface area contributed by atoms with Crippen LogP contribution in [0.4, 0.5) is 5.69 Å². The smallest absolute Gasteiger partial charge is 0.255 e. The number of sulfonamides is 1. The molecule has 3 aromatic rings. The van der Waals surface area contributed by atoms with Crippen LogP contribution < -0.4 is 10.6 Å². The molecule has 9 heteroatoms. The van der Waals surface area contributed by atoms with Crippen molar-refractivity contribution < 1.29 is 18.0 Å². The van der Waals surface area contributed by atoms with Crippen LogP contribution >= 0.6 is 0 Å². The van der Waals surface area contributed by atoms with E-state index in [1.54, 1.807) is 36.4 Å². The molecule has 0 aromatic heterocycles. The largest absolute Gasteiger partial charge is 0.352 e. The number of hydrogen-bond acceptors (Lipinski definition) is 5. The van der Waals surface area contributed by atoms with Crippen molar-refractivity contribution in [3.05, 3.63) is 101 Å². The Balaban J connectivity index is 1.31. The summed E-state index contributed by atoms with van der Waals surface area (Å²) in [4.78, 5) is 27.9. The summed E-state index contributed by atoms with van der Waals surface area (Å²) in [6, 6.07) is 24.2. The topological polar surface area (TPSA) is 98.8 Å². The quantitative estimate of drug-likeness (QED) is 0.452. The molecule has 1 saturated heterocycles. The molecule has 1 aliphatic heterocycles. The minimum atomic E-state index is -3.15. The van der Waals surface area contributed by atoms with Crippen LogP contribution in [-0.2, 0) is 23.0 Å². The molecule has 0 saturated carbocycles. The summed E-state index contributed by atoms with van der Waals surface area (Å²) in [5, 5.41) is 5.79. The van der Waals surface area contributed by atoms with Gasteiger partial charge in [0.15, 0.2) is 0 Å². The molecule has 2 N–H and O–H groups in total. The zero-order valence-electron chi connectivity index (χ0n) is 20.9. The number of para-hydroxylation sites is 1. The molecule has 8 nitrogen and oxygen atoms in total. The van der Waals surface area contributed by atoms with Gasteiger partial charge >= 0.3 is 0 Å². The van der Waals surface area contributed by atoms with Crippen molar-refractivity contribution in [1.82, 2.24) is 14.5 Å². The molecule has 1 fully saturated rings. The number of amides is 2. The highest BCUT2D eigenvalue weighted by Crippen LogP contribution is 2.17. The first-order valence-electron chi connectivity index (χ1n) is 12.3. The predicted octanol–water partition coefficient (Wildman–Crippen LogP) is 2.99. The Morgan fingerprint density at radius 3 is 2.11 bits per heavy atom. The highest BCUT2D eigenvalue weighted by Gasteiger charge is 2.23. The molecule has 2 amide bonds. The predicted molar refractivity (Wildman–Crippen MR) is 145 cm³/mol. The zero-order valence-corrected chi connectivity index (χ0v) is 21.7. The van der Waals surface area contributed by atoms with Crippen LogP contribution in [0.15, 0.2) is 78.9 Å². The number of nitrogens with zero attached hydrogens (tertiary/aromatic N) is 2. The van der Waals surface area contributed by atoms with Gasteiger partial charge in [0.05, 0.1) is 17.5 Å². The van der Waals surface area contributed by atoms with Gasteiger partial charge in [0, 0.05) is 44.8 Å². The molecule has 194 valence electrons. The number of anilines is 1. The molecule has 0 atom stereocenters. The molecule has 0 aliphatic carbocycles. The number of rotatable bonds is 9. The molecule has 37 heavy (non-hydrogen) atoms. The Labute approximate surface area is 218 Å². The summed E-state index contributed by atoms with van der Waals surface area (Å²) >= 11 is 0. The average molecular weight is 521 g/mol. The monoisotopic (exact) mass is 520 g/mol. The highest BCUT2D eigenvalue weighted by molar-refractivity contribution is 7.88. The average Bonchev–Trinajstić information content (AvgIpc) is 2.90. The van der Waals surface area contributed by atoms with Crippen LogP contribution in [0.2, 0.25) is 0 Å². The van der Waals surface area contributed by atoms with E-state index in [4.69, 9.17) is 0 Å². The summed E-state index contributed by atoms with van der Waals surface area (Å²) in [7, 11) is -3.15. The lowest BCUT2D eigenvalue weighted by Crippen LogP contribution is -2.47. The lowest BCUT2D eigenvalue weighted by molar-refractivity contribution is 0.0955. The molecule has 4 rings (SSSR count). The second-order valence-corrected chi connectivity index (χ2v) is 11.1. The fourth-order valence-corrected chi connectivity index (χ4v) is 5.11. The van der Waals surface area contributed by atoms with E-state index in [-0.39, 0.29) is 11.8 Å². The number of benzene rings is 3. The second-order valence-electron chi connectivity index (χ2n) is 9.13. The molecule has 3 aromatic carbocycles. The zero-order chi connectivity index (χ0) is 26.3. The summed E-state index contributed by atoms with van der Waals surface area (Å²) in [6.07, 6.45) is 1.96. The molecule has 1 heterocycles. The number of carbonyl (C=O) groups excluding carboxylic acids is 2. The van der Waals surface area contributed by atoms with E-state index >= 15 is 0 Å². The van der Waals surface area contributed by atoms with Gasteiger partial charge in [-0.3, -0.25) is 14.5 Å². The van der Waals surface area contributed by atoms with E-state index < -0.39 is 10.0 Å². The third-order valence-corrected chi connectivity index (χ3v) is 7.69. The van der Waals surface area contributed by atoms with Crippen molar-refractivity contribution in [2.24, 2.45) is 0 Å². The van der Waals surface area contributed by atoms with Gasteiger partial charge in [0.25, 0.3) is 11.8 Å². The van der Waals surface area contributed by atoms with Gasteiger partial charge in [-0.25, -0.2) is 8.42 Å². The van der Waals surface area contributed by atoms with Crippen LogP contribution in [0, 0.1) is 0 Å². The fourth-order valence-electron chi connectivity index (χ4n) is 4.28. The first-order valence-corrected chi connectivity index (χ1v) is 14.1. The summed E-state index contributed by atoms with van der Waals surface area (Å²) < 4.78 is 24.9. The number of carbonyl (C=O) groups is 2. The minimum absolute atomic E-state index is 0.238. The van der Waals surface area contributed by atoms with Crippen LogP contribution in [-0.4, -0.2) is 68.4 Å². The highest BCUT2D eigenvalue weighted by atomic mass is 32.2. The van der Waals surface area contributed by atoms with Crippen LogP contribution in [0.3, 0.4) is 0 Å². The van der Waals surface area contributed by atoms with Crippen molar-refractivity contribution in [3.8, 4) is 0 Å². The standard InChI is InChI=1S/C28H32N4O4S/c1-37(35,36)32-19-17-31(18-20-32)21-23-11-13-24(14-12-23)27(33)30-26-10-6-5-9-25(26)28(34)29-16-15-22-7-3-2-4-8-22/h2-14H,15-21H2,1H3,(H,29,34)(H,30,33). The van der Waals surface area contributed by atoms with Gasteiger partial charge in [-0.1, -0.05) is 54.6 Å². The number of hydrogen-bond donors (Lipinski definition) is 2. The van der Waals surface area contributed by atoms with E-state index in [9.17, 15) is 18.0 Å². The van der Waals surface area contributed by atoms with Crippen molar-refractivity contribution in [3.63, 3.8) is 0 Å². The molecular weight excluding hydrogens is 488 g/mol. The second kappa shape index (κ2) is 12.1. The number of nitrogens with one attached hydrogen (secondary N) is 2. The summed E-state index contributed by atoms with van der Waals surface area (Å²) in [5.74, 6) is -0.531. The molecule has 0 bridgehead atoms. The van der Waals surface area contributed by atoms with Gasteiger partial charge < -0.3 is 10.6 Å². The molecule has 0 unspecified atom stereocenters. The summed E-state index contributed by atoms with van der Waals surface area (Å²) in [5.41, 5.74) is 3.54. The van der Waals surface area contributed by atoms with E-state index in [1.807, 2.05) is 42.5 Å². The van der Waals surface area contributed by atoms with Gasteiger partial charge in [0.2, 0.25) is 10.0 Å². The van der Waals surface area contributed by atoms with Crippen LogP contribution in [0.5, 0.6) is 0 Å². The third-order valence-electron chi connectivity index (χ3n) is 6.38. The maximum Gasteiger partial charge on any atom is 0.255 e. The lowest BCUT2D eigenvalue weighted by atomic mass is 10.1. The van der Waals surface area contributed by atoms with Crippen LogP contribution in [0.1, 0.15) is 31.8 Å². The maximum absolute atomic E-state index is 12.9. The van der Waals surface area contributed by atoms with E-state index in [0.717, 1.165) is 17.5 Å². The van der Waals surface area contributed by atoms with E-state index in [2.05, 4.69) is 15.5 Å². The first kappa shape index (κ1) is 26.5. The van der Waals surface area contributed by atoms with Gasteiger partial charge in [-0.15, -0.1) is 0 Å². The molecular formula is C28H32N4O4S. The molecule has 0 spiro atoms. The van der Waals surface area contributed by atoms with Crippen LogP contribution in [0.25, 0.3) is 0 Å². The van der Waals surface area contributed by atoms with Gasteiger partial charge in [0.1, 0.15) is 0 Å². The van der Waals surface area contributed by atoms with Crippen molar-refractivity contribution >= 4 is 27.5 Å². The number of piperazine rings is 1. The summed E-state index contributed by atoms with van der Waals surface area (Å²) in [6.45, 7) is 3.48. The van der Waals surface area contributed by atoms with Crippen molar-refractivity contribution in [2.75, 3.05) is 44.3 Å². The third kappa shape index (κ3) is 7.48. The van der Waals surface area contributed by atoms with E-state index in [0.29, 0.717) is 56.1 Å². The molecule has 1 aliphatic rings. The Morgan fingerprint density at radius 2 is 1.43 bits per heavy atom. The molecule has 0 radical (unpaired) electrons. The Kier molecular flexibility index (Phi) is 8.70. The van der Waals surface area contributed by atoms with Gasteiger partial charge in [-0.2, -0.15) is 4.31 Å². The maximum atomic E-state index is 12.9. The van der Waals surface area contributed by atoms with Crippen molar-refractivity contribution in [2.45, 2.75) is 13.0 Å². The minimum Gasteiger partial charge on any atom is -0.352 e.